The van der Waals surface area contributed by atoms with Crippen molar-refractivity contribution in [2.45, 2.75) is 13.2 Å². The molecule has 0 bridgehead atoms. The highest BCUT2D eigenvalue weighted by Gasteiger charge is 2.03. The second-order valence-electron chi connectivity index (χ2n) is 3.38. The first-order valence-electron chi connectivity index (χ1n) is 4.92. The SMILES string of the molecule is OCc1ccc(CNc2cnc(Cl)c(Br)c2)o1. The topological polar surface area (TPSA) is 58.3 Å². The van der Waals surface area contributed by atoms with Crippen LogP contribution in [-0.2, 0) is 13.2 Å². The molecule has 0 aromatic carbocycles. The Labute approximate surface area is 112 Å². The third kappa shape index (κ3) is 3.21. The van der Waals surface area contributed by atoms with E-state index in [1.165, 1.54) is 0 Å². The zero-order chi connectivity index (χ0) is 12.3. The number of hydrogen-bond acceptors (Lipinski definition) is 4. The van der Waals surface area contributed by atoms with E-state index < -0.39 is 0 Å². The summed E-state index contributed by atoms with van der Waals surface area (Å²) < 4.78 is 6.07. The fourth-order valence-corrected chi connectivity index (χ4v) is 1.76. The van der Waals surface area contributed by atoms with Gasteiger partial charge in [-0.15, -0.1) is 0 Å². The first-order chi connectivity index (χ1) is 8.19. The molecule has 2 rings (SSSR count). The van der Waals surface area contributed by atoms with E-state index >= 15 is 0 Å². The van der Waals surface area contributed by atoms with Gasteiger partial charge in [-0.2, -0.15) is 0 Å². The maximum absolute atomic E-state index is 8.86. The van der Waals surface area contributed by atoms with Crippen LogP contribution in [0, 0.1) is 0 Å². The van der Waals surface area contributed by atoms with E-state index in [4.69, 9.17) is 21.1 Å². The summed E-state index contributed by atoms with van der Waals surface area (Å²) >= 11 is 9.08. The maximum atomic E-state index is 8.86. The molecule has 0 aliphatic carbocycles. The van der Waals surface area contributed by atoms with Crippen LogP contribution in [0.5, 0.6) is 0 Å². The van der Waals surface area contributed by atoms with E-state index in [2.05, 4.69) is 26.2 Å². The van der Waals surface area contributed by atoms with Crippen LogP contribution in [0.15, 0.2) is 33.3 Å². The summed E-state index contributed by atoms with van der Waals surface area (Å²) in [5.41, 5.74) is 0.836. The van der Waals surface area contributed by atoms with Crippen molar-refractivity contribution in [2.75, 3.05) is 5.32 Å². The second-order valence-corrected chi connectivity index (χ2v) is 4.59. The minimum absolute atomic E-state index is 0.0892. The molecule has 2 aromatic rings. The Balaban J connectivity index is 1.99. The Morgan fingerprint density at radius 1 is 1.41 bits per heavy atom. The van der Waals surface area contributed by atoms with Gasteiger partial charge in [-0.1, -0.05) is 11.6 Å². The zero-order valence-corrected chi connectivity index (χ0v) is 11.1. The Morgan fingerprint density at radius 2 is 2.18 bits per heavy atom. The van der Waals surface area contributed by atoms with Crippen LogP contribution >= 0.6 is 27.5 Å². The predicted molar refractivity (Wildman–Crippen MR) is 68.9 cm³/mol. The van der Waals surface area contributed by atoms with Crippen LogP contribution in [-0.4, -0.2) is 10.1 Å². The molecule has 0 unspecified atom stereocenters. The van der Waals surface area contributed by atoms with Crippen molar-refractivity contribution >= 4 is 33.2 Å². The van der Waals surface area contributed by atoms with Gasteiger partial charge >= 0.3 is 0 Å². The number of aliphatic hydroxyl groups excluding tert-OH is 1. The summed E-state index contributed by atoms with van der Waals surface area (Å²) in [6.07, 6.45) is 1.64. The van der Waals surface area contributed by atoms with Gasteiger partial charge in [-0.3, -0.25) is 0 Å². The van der Waals surface area contributed by atoms with E-state index in [0.29, 0.717) is 17.5 Å². The molecule has 6 heteroatoms. The highest BCUT2D eigenvalue weighted by atomic mass is 79.9. The lowest BCUT2D eigenvalue weighted by atomic mass is 10.4. The van der Waals surface area contributed by atoms with Crippen molar-refractivity contribution in [1.29, 1.82) is 0 Å². The van der Waals surface area contributed by atoms with Gasteiger partial charge in [0.25, 0.3) is 0 Å². The van der Waals surface area contributed by atoms with Gasteiger partial charge in [-0.25, -0.2) is 4.98 Å². The molecule has 2 heterocycles. The highest BCUT2D eigenvalue weighted by Crippen LogP contribution is 2.23. The Hall–Kier alpha value is -1.04. The van der Waals surface area contributed by atoms with Crippen molar-refractivity contribution in [1.82, 2.24) is 4.98 Å². The number of hydrogen-bond donors (Lipinski definition) is 2. The number of anilines is 1. The molecular weight excluding hydrogens is 307 g/mol. The molecule has 90 valence electrons. The molecule has 17 heavy (non-hydrogen) atoms. The van der Waals surface area contributed by atoms with Crippen molar-refractivity contribution in [3.05, 3.63) is 45.5 Å². The van der Waals surface area contributed by atoms with Gasteiger partial charge < -0.3 is 14.8 Å². The molecule has 0 aliphatic rings. The van der Waals surface area contributed by atoms with Crippen LogP contribution in [0.4, 0.5) is 5.69 Å². The Morgan fingerprint density at radius 3 is 2.82 bits per heavy atom. The average molecular weight is 318 g/mol. The van der Waals surface area contributed by atoms with E-state index in [1.807, 2.05) is 12.1 Å². The first kappa shape index (κ1) is 12.4. The van der Waals surface area contributed by atoms with Crippen molar-refractivity contribution in [2.24, 2.45) is 0 Å². The molecule has 0 atom stereocenters. The number of nitrogens with one attached hydrogen (secondary N) is 1. The van der Waals surface area contributed by atoms with Crippen LogP contribution in [0.1, 0.15) is 11.5 Å². The summed E-state index contributed by atoms with van der Waals surface area (Å²) in [5.74, 6) is 1.30. The van der Waals surface area contributed by atoms with E-state index in [-0.39, 0.29) is 6.61 Å². The van der Waals surface area contributed by atoms with E-state index in [0.717, 1.165) is 15.9 Å². The third-order valence-electron chi connectivity index (χ3n) is 2.14. The average Bonchev–Trinajstić information content (AvgIpc) is 2.79. The fraction of sp³-hybridized carbons (Fsp3) is 0.182. The number of furan rings is 1. The highest BCUT2D eigenvalue weighted by molar-refractivity contribution is 9.10. The van der Waals surface area contributed by atoms with Gasteiger partial charge in [0, 0.05) is 0 Å². The maximum Gasteiger partial charge on any atom is 0.143 e. The summed E-state index contributed by atoms with van der Waals surface area (Å²) in [4.78, 5) is 4.00. The van der Waals surface area contributed by atoms with Crippen LogP contribution < -0.4 is 5.32 Å². The number of aromatic nitrogens is 1. The number of halogens is 2. The van der Waals surface area contributed by atoms with Gasteiger partial charge in [0.2, 0.25) is 0 Å². The van der Waals surface area contributed by atoms with Gasteiger partial charge in [-0.05, 0) is 34.1 Å². The molecule has 2 aromatic heterocycles. The lowest BCUT2D eigenvalue weighted by molar-refractivity contribution is 0.244. The van der Waals surface area contributed by atoms with Crippen molar-refractivity contribution in [3.63, 3.8) is 0 Å². The quantitative estimate of drug-likeness (QED) is 0.850. The second kappa shape index (κ2) is 5.53. The molecular formula is C11H10BrClN2O2. The molecule has 4 nitrogen and oxygen atoms in total. The molecule has 0 radical (unpaired) electrons. The standard InChI is InChI=1S/C11H10BrClN2O2/c12-10-3-7(4-15-11(10)13)14-5-8-1-2-9(6-16)17-8/h1-4,14,16H,5-6H2. The summed E-state index contributed by atoms with van der Waals surface area (Å²) in [5, 5.41) is 12.4. The molecule has 0 spiro atoms. The lowest BCUT2D eigenvalue weighted by Gasteiger charge is -2.05. The van der Waals surface area contributed by atoms with Gasteiger partial charge in [0.15, 0.2) is 0 Å². The number of aliphatic hydroxyl groups is 1. The third-order valence-corrected chi connectivity index (χ3v) is 3.27. The number of rotatable bonds is 4. The molecule has 0 amide bonds. The minimum atomic E-state index is -0.0892. The van der Waals surface area contributed by atoms with E-state index in [9.17, 15) is 0 Å². The summed E-state index contributed by atoms with van der Waals surface area (Å²) in [7, 11) is 0. The minimum Gasteiger partial charge on any atom is -0.462 e. The Bertz CT molecular complexity index is 516. The van der Waals surface area contributed by atoms with Crippen LogP contribution in [0.25, 0.3) is 0 Å². The van der Waals surface area contributed by atoms with Gasteiger partial charge in [0.05, 0.1) is 22.9 Å². The number of nitrogens with zero attached hydrogens (tertiary/aromatic N) is 1. The normalized spacial score (nSPS) is 10.5. The summed E-state index contributed by atoms with van der Waals surface area (Å²) in [6, 6.07) is 5.40. The molecule has 0 saturated heterocycles. The first-order valence-corrected chi connectivity index (χ1v) is 6.09. The molecule has 0 saturated carbocycles. The largest absolute Gasteiger partial charge is 0.462 e. The smallest absolute Gasteiger partial charge is 0.143 e. The van der Waals surface area contributed by atoms with E-state index in [1.54, 1.807) is 12.3 Å². The zero-order valence-electron chi connectivity index (χ0n) is 8.78. The Kier molecular flexibility index (Phi) is 4.04. The fourth-order valence-electron chi connectivity index (χ4n) is 1.31. The molecule has 2 N–H and O–H groups in total. The molecule has 0 fully saturated rings. The van der Waals surface area contributed by atoms with Crippen molar-refractivity contribution < 1.29 is 9.52 Å². The van der Waals surface area contributed by atoms with Crippen molar-refractivity contribution in [3.8, 4) is 0 Å². The van der Waals surface area contributed by atoms with Crippen LogP contribution in [0.2, 0.25) is 5.15 Å². The molecule has 0 aliphatic heterocycles. The lowest BCUT2D eigenvalue weighted by Crippen LogP contribution is -1.98. The summed E-state index contributed by atoms with van der Waals surface area (Å²) in [6.45, 7) is 0.434. The number of pyridine rings is 1. The van der Waals surface area contributed by atoms with Gasteiger partial charge in [0.1, 0.15) is 23.3 Å². The monoisotopic (exact) mass is 316 g/mol. The van der Waals surface area contributed by atoms with Crippen LogP contribution in [0.3, 0.4) is 0 Å². The predicted octanol–water partition coefficient (Wildman–Crippen LogP) is 3.19.